The predicted octanol–water partition coefficient (Wildman–Crippen LogP) is 6.60. The molecule has 590 valence electrons. The molecule has 0 aromatic carbocycles. The van der Waals surface area contributed by atoms with E-state index in [1.54, 1.807) is 6.92 Å². The van der Waals surface area contributed by atoms with Crippen molar-refractivity contribution in [2.24, 2.45) is 41.4 Å². The van der Waals surface area contributed by atoms with Gasteiger partial charge in [-0.15, -0.1) is 11.6 Å². The number of amides is 12. The molecule has 4 aliphatic carbocycles. The summed E-state index contributed by atoms with van der Waals surface area (Å²) in [5.41, 5.74) is -1.64. The molecule has 0 bridgehead atoms. The molecular formula is C75H124ClF3N12O13. The fraction of sp³-hybridized carbons (Fsp3) is 0.840. The molecule has 3 unspecified atom stereocenters. The molecule has 0 aromatic rings. The number of nitrogens with zero attached hydrogens (tertiary/aromatic N) is 9. The Morgan fingerprint density at radius 3 is 1.82 bits per heavy atom. The Morgan fingerprint density at radius 1 is 0.644 bits per heavy atom. The van der Waals surface area contributed by atoms with Gasteiger partial charge in [0.15, 0.2) is 0 Å². The lowest BCUT2D eigenvalue weighted by Gasteiger charge is -2.45. The number of carbonyl (C=O) groups excluding carboxylic acids is 12. The van der Waals surface area contributed by atoms with Crippen LogP contribution in [0.3, 0.4) is 0 Å². The van der Waals surface area contributed by atoms with E-state index in [9.17, 15) is 46.7 Å². The van der Waals surface area contributed by atoms with E-state index >= 15 is 24.0 Å². The van der Waals surface area contributed by atoms with Crippen LogP contribution in [-0.2, 0) is 62.3 Å². The third-order valence-electron chi connectivity index (χ3n) is 23.7. The molecule has 25 nitrogen and oxygen atoms in total. The molecule has 2 heterocycles. The van der Waals surface area contributed by atoms with Gasteiger partial charge in [0.25, 0.3) is 0 Å². The molecule has 6 rings (SSSR count). The SMILES string of the molecule is CC[C@H](C)[C@@H]1NC(=O)[C@H](CC(C)C)N(C)C(=O)C[C@@H](C(=O)N(C)C)N(C)C(=O)[C@H](C2CCCC2)N(C)C(=O)C2(CCCC2)NC(=O)[C@H](COCCC(C)C)N(C)C(=O)[C@H](CCC2CCC(C(F)(F)F)C(Cl)C2)NC(=O)CN(C)C(=O)[C@H](CC2CCCCC2)N(C)C(=O)[C@@H]2CCN2C(=O)[C@H](C)N(C)C1=O. The summed E-state index contributed by atoms with van der Waals surface area (Å²) in [6.07, 6.45) is 4.35. The van der Waals surface area contributed by atoms with Crippen molar-refractivity contribution >= 4 is 82.5 Å². The van der Waals surface area contributed by atoms with Gasteiger partial charge in [-0.3, -0.25) is 57.5 Å². The van der Waals surface area contributed by atoms with Crippen molar-refractivity contribution in [3.8, 4) is 0 Å². The number of hydrogen-bond acceptors (Lipinski definition) is 13. The molecule has 2 saturated heterocycles. The van der Waals surface area contributed by atoms with E-state index in [0.717, 1.165) is 49.8 Å². The maximum Gasteiger partial charge on any atom is 0.393 e. The summed E-state index contributed by atoms with van der Waals surface area (Å²) in [6, 6.07) is -11.3. The molecule has 0 radical (unpaired) electrons. The molecule has 4 saturated carbocycles. The van der Waals surface area contributed by atoms with Gasteiger partial charge in [-0.25, -0.2) is 0 Å². The van der Waals surface area contributed by atoms with Gasteiger partial charge in [0.1, 0.15) is 59.9 Å². The zero-order valence-electron chi connectivity index (χ0n) is 65.0. The van der Waals surface area contributed by atoms with E-state index in [-0.39, 0.29) is 102 Å². The molecule has 0 aromatic heterocycles. The first kappa shape index (κ1) is 86.6. The summed E-state index contributed by atoms with van der Waals surface area (Å²) in [5, 5.41) is 7.56. The van der Waals surface area contributed by atoms with Crippen LogP contribution in [0.5, 0.6) is 0 Å². The highest BCUT2D eigenvalue weighted by molar-refractivity contribution is 6.21. The predicted molar refractivity (Wildman–Crippen MR) is 387 cm³/mol. The van der Waals surface area contributed by atoms with Gasteiger partial charge in [-0.2, -0.15) is 13.2 Å². The Kier molecular flexibility index (Phi) is 32.0. The van der Waals surface area contributed by atoms with Crippen molar-refractivity contribution in [1.29, 1.82) is 0 Å². The minimum absolute atomic E-state index is 0.0184. The van der Waals surface area contributed by atoms with E-state index in [4.69, 9.17) is 16.3 Å². The first-order valence-electron chi connectivity index (χ1n) is 38.3. The molecule has 13 atom stereocenters. The number of hydrogen-bond donors (Lipinski definition) is 3. The first-order valence-corrected chi connectivity index (χ1v) is 38.8. The highest BCUT2D eigenvalue weighted by Gasteiger charge is 2.53. The lowest BCUT2D eigenvalue weighted by atomic mass is 9.78. The number of nitrogens with one attached hydrogen (secondary N) is 3. The Hall–Kier alpha value is -6.32. The van der Waals surface area contributed by atoms with E-state index in [0.29, 0.717) is 38.5 Å². The van der Waals surface area contributed by atoms with E-state index < -0.39 is 179 Å². The lowest BCUT2D eigenvalue weighted by Crippen LogP contribution is -2.66. The Labute approximate surface area is 620 Å². The summed E-state index contributed by atoms with van der Waals surface area (Å²) >= 11 is 6.44. The van der Waals surface area contributed by atoms with Crippen LogP contribution in [0.25, 0.3) is 0 Å². The van der Waals surface area contributed by atoms with Crippen molar-refractivity contribution < 1.29 is 75.4 Å². The Morgan fingerprint density at radius 2 is 1.26 bits per heavy atom. The molecule has 104 heavy (non-hydrogen) atoms. The van der Waals surface area contributed by atoms with Crippen LogP contribution >= 0.6 is 11.6 Å². The minimum Gasteiger partial charge on any atom is -0.379 e. The van der Waals surface area contributed by atoms with Crippen LogP contribution < -0.4 is 16.0 Å². The van der Waals surface area contributed by atoms with Gasteiger partial charge in [0, 0.05) is 82.0 Å². The number of ether oxygens (including phenoxy) is 1. The Balaban J connectivity index is 1.46. The van der Waals surface area contributed by atoms with Gasteiger partial charge >= 0.3 is 6.18 Å². The number of rotatable bonds is 16. The number of alkyl halides is 4. The maximum absolute atomic E-state index is 15.8. The molecule has 3 N–H and O–H groups in total. The molecule has 12 amide bonds. The van der Waals surface area contributed by atoms with E-state index in [1.807, 2.05) is 34.6 Å². The van der Waals surface area contributed by atoms with Crippen molar-refractivity contribution in [2.45, 2.75) is 274 Å². The lowest BCUT2D eigenvalue weighted by molar-refractivity contribution is -0.182. The smallest absolute Gasteiger partial charge is 0.379 e. The summed E-state index contributed by atoms with van der Waals surface area (Å²) in [6.45, 7) is 12.1. The number of fused-ring (bicyclic) bond motifs is 1. The molecule has 29 heteroatoms. The van der Waals surface area contributed by atoms with Gasteiger partial charge < -0.3 is 64.8 Å². The summed E-state index contributed by atoms with van der Waals surface area (Å²) < 4.78 is 48.5. The fourth-order valence-electron chi connectivity index (χ4n) is 16.3. The second-order valence-corrected chi connectivity index (χ2v) is 32.8. The zero-order chi connectivity index (χ0) is 77.6. The largest absolute Gasteiger partial charge is 0.393 e. The van der Waals surface area contributed by atoms with Crippen LogP contribution in [-0.4, -0.2) is 276 Å². The normalized spacial score (nSPS) is 29.8. The maximum atomic E-state index is 15.8. The summed E-state index contributed by atoms with van der Waals surface area (Å²) in [7, 11) is 13.0. The molecule has 6 aliphatic rings. The van der Waals surface area contributed by atoms with Gasteiger partial charge in [-0.1, -0.05) is 106 Å². The highest BCUT2D eigenvalue weighted by Crippen LogP contribution is 2.44. The van der Waals surface area contributed by atoms with Gasteiger partial charge in [0.2, 0.25) is 70.9 Å². The van der Waals surface area contributed by atoms with E-state index in [1.165, 1.54) is 110 Å². The summed E-state index contributed by atoms with van der Waals surface area (Å²) in [5.74, 6) is -11.0. The molecule has 1 spiro atoms. The standard InChI is InChI=1S/C75H124ClF3N12O13/c1-17-47(6)62-71(101)85(11)48(7)66(96)91-37-33-55(91)70(100)87(13)57(41-49-25-19-18-20-26-49)69(99)84(10)43-60(92)80-54(32-30-50-29-31-52(53(76)40-50)75(77,78)79)67(97)89(15)59(44-104-38-34-45(2)3)65(95)82-74(35-23-24-36-74)73(103)90(16)63(51-27-21-22-28-51)72(102)88(14)58(68(98)83(8)9)42-61(93)86(12)56(39-46(4)5)64(94)81-62/h45-59,62-63H,17-44H2,1-16H3,(H,80,92)(H,81,94)(H,82,95)/t47-,48-,50?,52?,53?,54-,55-,56-,57-,58-,59-,62-,63-/m0/s1. The zero-order valence-corrected chi connectivity index (χ0v) is 65.7. The van der Waals surface area contributed by atoms with E-state index in [2.05, 4.69) is 16.0 Å². The Bertz CT molecular complexity index is 3000. The van der Waals surface area contributed by atoms with Gasteiger partial charge in [-0.05, 0) is 126 Å². The quantitative estimate of drug-likeness (QED) is 0.109. The second-order valence-electron chi connectivity index (χ2n) is 32.2. The number of likely N-dealkylation sites (N-methyl/N-ethyl adjacent to an activating group) is 8. The van der Waals surface area contributed by atoms with Crippen molar-refractivity contribution in [1.82, 2.24) is 60.0 Å². The molecule has 6 fully saturated rings. The van der Waals surface area contributed by atoms with Crippen molar-refractivity contribution in [2.75, 3.05) is 89.7 Å². The third kappa shape index (κ3) is 21.7. The highest BCUT2D eigenvalue weighted by atomic mass is 35.5. The van der Waals surface area contributed by atoms with Crippen LogP contribution in [0.15, 0.2) is 0 Å². The molecule has 2 aliphatic heterocycles. The summed E-state index contributed by atoms with van der Waals surface area (Å²) in [4.78, 5) is 192. The molecular weight excluding hydrogens is 1370 g/mol. The number of halogens is 4. The van der Waals surface area contributed by atoms with Crippen molar-refractivity contribution in [3.05, 3.63) is 0 Å². The van der Waals surface area contributed by atoms with Crippen LogP contribution in [0.1, 0.15) is 203 Å². The van der Waals surface area contributed by atoms with Crippen LogP contribution in [0.4, 0.5) is 13.2 Å². The van der Waals surface area contributed by atoms with Crippen LogP contribution in [0.2, 0.25) is 0 Å². The third-order valence-corrected chi connectivity index (χ3v) is 24.1. The topological polar surface area (TPSA) is 279 Å². The monoisotopic (exact) mass is 1490 g/mol. The average molecular weight is 1490 g/mol. The fourth-order valence-corrected chi connectivity index (χ4v) is 16.8. The first-order chi connectivity index (χ1) is 48.8. The minimum atomic E-state index is -4.53. The van der Waals surface area contributed by atoms with Crippen LogP contribution in [0, 0.1) is 41.4 Å². The average Bonchev–Trinajstić information content (AvgIpc) is 1.24. The number of carbonyl (C=O) groups is 12. The van der Waals surface area contributed by atoms with Gasteiger partial charge in [0.05, 0.1) is 25.5 Å². The second kappa shape index (κ2) is 38.5. The van der Waals surface area contributed by atoms with Crippen molar-refractivity contribution in [3.63, 3.8) is 0 Å².